The molecule has 2 aromatic heterocycles. The van der Waals surface area contributed by atoms with Crippen LogP contribution in [0.3, 0.4) is 0 Å². The second-order valence-electron chi connectivity index (χ2n) is 8.48. The topological polar surface area (TPSA) is 117 Å². The Morgan fingerprint density at radius 2 is 1.78 bits per heavy atom. The first-order valence-electron chi connectivity index (χ1n) is 10.8. The Hall–Kier alpha value is -3.13. The number of aromatic amines is 1. The van der Waals surface area contributed by atoms with Crippen molar-refractivity contribution in [1.82, 2.24) is 20.3 Å². The highest BCUT2D eigenvalue weighted by molar-refractivity contribution is 6.33. The Labute approximate surface area is 189 Å². The molecule has 9 heteroatoms. The molecule has 0 aliphatic heterocycles. The number of ether oxygens (including phenoxy) is 1. The molecule has 0 spiro atoms. The zero-order valence-electron chi connectivity index (χ0n) is 17.3. The third-order valence-electron chi connectivity index (χ3n) is 6.04. The van der Waals surface area contributed by atoms with E-state index in [2.05, 4.69) is 20.3 Å². The van der Waals surface area contributed by atoms with Crippen molar-refractivity contribution < 1.29 is 19.4 Å². The number of carboxylic acids is 1. The molecule has 5 rings (SSSR count). The summed E-state index contributed by atoms with van der Waals surface area (Å²) in [7, 11) is 0. The number of nitrogens with one attached hydrogen (secondary N) is 2. The van der Waals surface area contributed by atoms with Gasteiger partial charge in [-0.2, -0.15) is 4.98 Å². The molecule has 2 heterocycles. The summed E-state index contributed by atoms with van der Waals surface area (Å²) in [5.41, 5.74) is 3.13. The van der Waals surface area contributed by atoms with Gasteiger partial charge in [-0.05, 0) is 56.7 Å². The van der Waals surface area contributed by atoms with Crippen molar-refractivity contribution in [2.24, 2.45) is 5.92 Å². The number of carboxylic acid groups (broad SMARTS) is 1. The zero-order valence-corrected chi connectivity index (χ0v) is 18.1. The lowest BCUT2D eigenvalue weighted by Crippen LogP contribution is -2.28. The second kappa shape index (κ2) is 8.43. The molecule has 2 saturated carbocycles. The van der Waals surface area contributed by atoms with Crippen LogP contribution in [0.4, 0.5) is 0 Å². The van der Waals surface area contributed by atoms with E-state index in [0.29, 0.717) is 65.2 Å². The predicted molar refractivity (Wildman–Crippen MR) is 119 cm³/mol. The fraction of sp³-hybridized carbons (Fsp3) is 0.391. The highest BCUT2D eigenvalue weighted by Gasteiger charge is 2.28. The van der Waals surface area contributed by atoms with Gasteiger partial charge in [-0.3, -0.25) is 14.6 Å². The van der Waals surface area contributed by atoms with E-state index in [1.165, 1.54) is 0 Å². The quantitative estimate of drug-likeness (QED) is 0.514. The van der Waals surface area contributed by atoms with Crippen LogP contribution >= 0.6 is 11.6 Å². The van der Waals surface area contributed by atoms with E-state index >= 15 is 0 Å². The van der Waals surface area contributed by atoms with Crippen molar-refractivity contribution in [1.29, 1.82) is 0 Å². The van der Waals surface area contributed by atoms with Crippen LogP contribution < -0.4 is 10.1 Å². The minimum atomic E-state index is -0.741. The van der Waals surface area contributed by atoms with E-state index in [1.54, 1.807) is 18.2 Å². The lowest BCUT2D eigenvalue weighted by atomic mass is 9.87. The van der Waals surface area contributed by atoms with Crippen LogP contribution in [0.25, 0.3) is 22.4 Å². The molecule has 0 radical (unpaired) electrons. The maximum absolute atomic E-state index is 12.2. The molecule has 166 valence electrons. The van der Waals surface area contributed by atoms with Gasteiger partial charge in [-0.15, -0.1) is 0 Å². The van der Waals surface area contributed by atoms with Crippen molar-refractivity contribution in [3.05, 3.63) is 40.9 Å². The Morgan fingerprint density at radius 1 is 1.06 bits per heavy atom. The van der Waals surface area contributed by atoms with Crippen LogP contribution in [0.5, 0.6) is 6.01 Å². The summed E-state index contributed by atoms with van der Waals surface area (Å²) in [6.07, 6.45) is 4.57. The summed E-state index contributed by atoms with van der Waals surface area (Å²) in [6, 6.07) is 9.59. The number of H-pyrrole nitrogens is 1. The van der Waals surface area contributed by atoms with Crippen molar-refractivity contribution >= 4 is 34.6 Å². The first-order chi connectivity index (χ1) is 15.5. The van der Waals surface area contributed by atoms with Gasteiger partial charge in [0, 0.05) is 17.2 Å². The maximum Gasteiger partial charge on any atom is 0.306 e. The third kappa shape index (κ3) is 4.41. The van der Waals surface area contributed by atoms with E-state index in [-0.39, 0.29) is 17.9 Å². The van der Waals surface area contributed by atoms with Gasteiger partial charge >= 0.3 is 5.97 Å². The SMILES string of the molecule is O=C(NC1CC1)c1ccc(-c2nc3[nH]c(O[C@H]4CC[C@H](C(=O)O)CC4)nc3cc2Cl)cc1. The molecule has 1 aromatic carbocycles. The average molecular weight is 455 g/mol. The summed E-state index contributed by atoms with van der Waals surface area (Å²) in [4.78, 5) is 35.4. The number of imidazole rings is 1. The number of nitrogens with zero attached hydrogens (tertiary/aromatic N) is 2. The Balaban J connectivity index is 1.31. The first-order valence-corrected chi connectivity index (χ1v) is 11.2. The van der Waals surface area contributed by atoms with Crippen molar-refractivity contribution in [2.75, 3.05) is 0 Å². The number of hydrogen-bond donors (Lipinski definition) is 3. The lowest BCUT2D eigenvalue weighted by molar-refractivity contribution is -0.143. The van der Waals surface area contributed by atoms with Gasteiger partial charge in [0.1, 0.15) is 11.6 Å². The van der Waals surface area contributed by atoms with Crippen molar-refractivity contribution in [3.8, 4) is 17.3 Å². The molecule has 2 aliphatic rings. The van der Waals surface area contributed by atoms with E-state index in [1.807, 2.05) is 12.1 Å². The number of fused-ring (bicyclic) bond motifs is 1. The van der Waals surface area contributed by atoms with Gasteiger partial charge in [0.05, 0.1) is 16.6 Å². The lowest BCUT2D eigenvalue weighted by Gasteiger charge is -2.25. The second-order valence-corrected chi connectivity index (χ2v) is 8.89. The maximum atomic E-state index is 12.2. The number of halogens is 1. The van der Waals surface area contributed by atoms with Crippen LogP contribution in [-0.4, -0.2) is 44.1 Å². The molecular formula is C23H23ClN4O4. The molecule has 3 aromatic rings. The van der Waals surface area contributed by atoms with Gasteiger partial charge in [-0.1, -0.05) is 23.7 Å². The molecule has 0 saturated heterocycles. The first kappa shape index (κ1) is 20.8. The molecular weight excluding hydrogens is 432 g/mol. The average Bonchev–Trinajstić information content (AvgIpc) is 3.51. The number of carbonyl (C=O) groups is 2. The van der Waals surface area contributed by atoms with Crippen LogP contribution in [0.15, 0.2) is 30.3 Å². The molecule has 8 nitrogen and oxygen atoms in total. The summed E-state index contributed by atoms with van der Waals surface area (Å²) >= 11 is 6.47. The Morgan fingerprint density at radius 3 is 2.44 bits per heavy atom. The monoisotopic (exact) mass is 454 g/mol. The predicted octanol–water partition coefficient (Wildman–Crippen LogP) is 4.19. The molecule has 0 unspecified atom stereocenters. The molecule has 0 atom stereocenters. The number of rotatable bonds is 6. The number of amides is 1. The number of pyridine rings is 1. The van der Waals surface area contributed by atoms with Crippen LogP contribution in [0, 0.1) is 5.92 Å². The number of aromatic nitrogens is 3. The fourth-order valence-electron chi connectivity index (χ4n) is 4.01. The summed E-state index contributed by atoms with van der Waals surface area (Å²) in [6.45, 7) is 0. The third-order valence-corrected chi connectivity index (χ3v) is 6.33. The molecule has 32 heavy (non-hydrogen) atoms. The van der Waals surface area contributed by atoms with Crippen LogP contribution in [0.2, 0.25) is 5.02 Å². The smallest absolute Gasteiger partial charge is 0.306 e. The largest absolute Gasteiger partial charge is 0.481 e. The van der Waals surface area contributed by atoms with Crippen LogP contribution in [0.1, 0.15) is 48.9 Å². The fourth-order valence-corrected chi connectivity index (χ4v) is 4.27. The van der Waals surface area contributed by atoms with Gasteiger partial charge in [0.15, 0.2) is 5.65 Å². The van der Waals surface area contributed by atoms with Gasteiger partial charge in [0.2, 0.25) is 0 Å². The summed E-state index contributed by atoms with van der Waals surface area (Å²) in [5, 5.41) is 12.6. The molecule has 2 aliphatic carbocycles. The molecule has 0 bridgehead atoms. The Bertz CT molecular complexity index is 1160. The minimum absolute atomic E-state index is 0.0682. The van der Waals surface area contributed by atoms with Crippen LogP contribution in [-0.2, 0) is 4.79 Å². The van der Waals surface area contributed by atoms with Gasteiger partial charge < -0.3 is 15.2 Å². The molecule has 1 amide bonds. The zero-order chi connectivity index (χ0) is 22.2. The highest BCUT2D eigenvalue weighted by Crippen LogP contribution is 2.31. The van der Waals surface area contributed by atoms with Crippen molar-refractivity contribution in [3.63, 3.8) is 0 Å². The number of hydrogen-bond acceptors (Lipinski definition) is 5. The van der Waals surface area contributed by atoms with E-state index in [4.69, 9.17) is 21.4 Å². The van der Waals surface area contributed by atoms with Crippen molar-refractivity contribution in [2.45, 2.75) is 50.7 Å². The Kier molecular flexibility index (Phi) is 5.46. The number of aliphatic carboxylic acids is 1. The van der Waals surface area contributed by atoms with Gasteiger partial charge in [-0.25, -0.2) is 4.98 Å². The standard InChI is InChI=1S/C23H23ClN4O4/c24-17-11-18-20(28-23(26-18)32-16-9-5-14(6-10-16)22(30)31)27-19(17)12-1-3-13(4-2-12)21(29)25-15-7-8-15/h1-4,11,14-16H,5-10H2,(H,25,29)(H,30,31)(H,26,27,28)/t14-,16-. The highest BCUT2D eigenvalue weighted by atomic mass is 35.5. The molecule has 3 N–H and O–H groups in total. The minimum Gasteiger partial charge on any atom is -0.481 e. The number of benzene rings is 1. The van der Waals surface area contributed by atoms with E-state index < -0.39 is 5.97 Å². The molecule has 2 fully saturated rings. The normalized spacial score (nSPS) is 20.8. The summed E-state index contributed by atoms with van der Waals surface area (Å²) < 4.78 is 5.95. The van der Waals surface area contributed by atoms with Gasteiger partial charge in [0.25, 0.3) is 11.9 Å². The number of carbonyl (C=O) groups excluding carboxylic acids is 1. The summed E-state index contributed by atoms with van der Waals surface area (Å²) in [5.74, 6) is -1.10. The van der Waals surface area contributed by atoms with E-state index in [0.717, 1.165) is 18.4 Å². The van der Waals surface area contributed by atoms with E-state index in [9.17, 15) is 9.59 Å².